The molecule has 0 aromatic carbocycles. The molecule has 15 nitrogen and oxygen atoms in total. The third-order valence-electron chi connectivity index (χ3n) is 26.3. The zero-order valence-corrected chi connectivity index (χ0v) is 80.0. The Labute approximate surface area is 730 Å². The Kier molecular flexibility index (Phi) is 74.3. The summed E-state index contributed by atoms with van der Waals surface area (Å²) in [6.07, 6.45) is 72.4. The minimum absolute atomic E-state index is 0.000369. The molecule has 7 atom stereocenters. The van der Waals surface area contributed by atoms with Gasteiger partial charge in [0.15, 0.2) is 5.79 Å². The number of esters is 5. The molecule has 0 N–H and O–H groups in total. The number of ether oxygens (including phenoxy) is 7. The van der Waals surface area contributed by atoms with Gasteiger partial charge in [0.25, 0.3) is 0 Å². The summed E-state index contributed by atoms with van der Waals surface area (Å²) < 4.78 is 43.3. The van der Waals surface area contributed by atoms with E-state index in [9.17, 15) is 24.0 Å². The van der Waals surface area contributed by atoms with Crippen LogP contribution in [-0.4, -0.2) is 156 Å². The molecule has 0 saturated carbocycles. The van der Waals surface area contributed by atoms with E-state index < -0.39 is 5.79 Å². The van der Waals surface area contributed by atoms with Gasteiger partial charge in [-0.05, 0) is 185 Å². The van der Waals surface area contributed by atoms with Crippen LogP contribution in [0.1, 0.15) is 486 Å². The maximum absolute atomic E-state index is 13.7. The fourth-order valence-electron chi connectivity index (χ4n) is 18.7. The Bertz CT molecular complexity index is 2260. The van der Waals surface area contributed by atoms with E-state index in [1.165, 1.54) is 180 Å². The maximum atomic E-state index is 13.7. The summed E-state index contributed by atoms with van der Waals surface area (Å²) in [5, 5.41) is 0. The lowest BCUT2D eigenvalue weighted by molar-refractivity contribution is -0.180. The minimum Gasteiger partial charge on any atom is -0.466 e. The van der Waals surface area contributed by atoms with Gasteiger partial charge in [0.1, 0.15) is 6.10 Å². The zero-order chi connectivity index (χ0) is 85.8. The second kappa shape index (κ2) is 78.8. The SMILES string of the molecule is CCCCCC(CCCCC)CCOC(=O)CCCCCCCC1(CCCCCCCC(=O)OCCC(CCCCC)CC(CCC)C(CCC)CC(CCCCC)CC(=O)OCCCCCCCCCC(CCCCCCCCCOC(=O)CC(CCCCC)CCCCC)OC(=O)CCCN(C)C)OCC(CCN2CCN(C)CC2)O1. The van der Waals surface area contributed by atoms with E-state index in [4.69, 9.17) is 33.2 Å². The van der Waals surface area contributed by atoms with E-state index in [1.54, 1.807) is 0 Å². The highest BCUT2D eigenvalue weighted by molar-refractivity contribution is 5.71. The first-order valence-corrected chi connectivity index (χ1v) is 51.7. The van der Waals surface area contributed by atoms with Crippen molar-refractivity contribution in [3.63, 3.8) is 0 Å². The van der Waals surface area contributed by atoms with Crippen molar-refractivity contribution in [2.24, 2.45) is 35.5 Å². The van der Waals surface area contributed by atoms with Crippen LogP contribution in [0.2, 0.25) is 0 Å². The molecule has 7 unspecified atom stereocenters. The number of nitrogens with zero attached hydrogens (tertiary/aromatic N) is 3. The molecule has 0 radical (unpaired) electrons. The van der Waals surface area contributed by atoms with Gasteiger partial charge in [-0.15, -0.1) is 0 Å². The summed E-state index contributed by atoms with van der Waals surface area (Å²) in [5.41, 5.74) is 0. The molecular weight excluding hydrogens is 1470 g/mol. The Balaban J connectivity index is 1.81. The second-order valence-corrected chi connectivity index (χ2v) is 37.9. The van der Waals surface area contributed by atoms with E-state index in [2.05, 4.69) is 77.1 Å². The smallest absolute Gasteiger partial charge is 0.306 e. The van der Waals surface area contributed by atoms with E-state index in [-0.39, 0.29) is 42.1 Å². The Hall–Kier alpha value is -2.85. The molecule has 0 aliphatic carbocycles. The number of rotatable bonds is 87. The molecule has 2 aliphatic rings. The summed E-state index contributed by atoms with van der Waals surface area (Å²) in [4.78, 5) is 72.6. The van der Waals surface area contributed by atoms with Gasteiger partial charge in [0.05, 0.1) is 39.1 Å². The average molecular weight is 1670 g/mol. The highest BCUT2D eigenvalue weighted by Gasteiger charge is 2.41. The van der Waals surface area contributed by atoms with Crippen LogP contribution >= 0.6 is 0 Å². The normalized spacial score (nSPS) is 16.7. The second-order valence-electron chi connectivity index (χ2n) is 37.9. The predicted molar refractivity (Wildman–Crippen MR) is 495 cm³/mol. The highest BCUT2D eigenvalue weighted by atomic mass is 16.7. The minimum atomic E-state index is -0.512. The lowest BCUT2D eigenvalue weighted by Gasteiger charge is -2.33. The largest absolute Gasteiger partial charge is 0.466 e. The van der Waals surface area contributed by atoms with E-state index in [0.29, 0.717) is 101 Å². The molecule has 0 aromatic heterocycles. The van der Waals surface area contributed by atoms with Crippen LogP contribution < -0.4 is 0 Å². The predicted octanol–water partition coefficient (Wildman–Crippen LogP) is 28.0. The number of hydrogen-bond acceptors (Lipinski definition) is 15. The summed E-state index contributed by atoms with van der Waals surface area (Å²) in [6.45, 7) is 27.5. The summed E-state index contributed by atoms with van der Waals surface area (Å²) in [5.74, 6) is 2.55. The van der Waals surface area contributed by atoms with Crippen molar-refractivity contribution in [2.75, 3.05) is 93.4 Å². The third kappa shape index (κ3) is 64.0. The van der Waals surface area contributed by atoms with E-state index >= 15 is 0 Å². The molecular formula is C103H197N3O12. The van der Waals surface area contributed by atoms with Crippen LogP contribution in [0.5, 0.6) is 0 Å². The first-order valence-electron chi connectivity index (χ1n) is 51.7. The fraction of sp³-hybridized carbons (Fsp3) is 0.951. The number of unbranched alkanes of at least 4 members (excludes halogenated alkanes) is 32. The van der Waals surface area contributed by atoms with Gasteiger partial charge in [-0.3, -0.25) is 24.0 Å². The average Bonchev–Trinajstić information content (AvgIpc) is 1.69. The molecule has 2 heterocycles. The molecule has 0 bridgehead atoms. The van der Waals surface area contributed by atoms with Crippen molar-refractivity contribution in [1.29, 1.82) is 0 Å². The first-order chi connectivity index (χ1) is 57.5. The van der Waals surface area contributed by atoms with Crippen molar-refractivity contribution in [1.82, 2.24) is 14.7 Å². The lowest BCUT2D eigenvalue weighted by Crippen LogP contribution is -2.45. The van der Waals surface area contributed by atoms with Gasteiger partial charge in [-0.1, -0.05) is 319 Å². The van der Waals surface area contributed by atoms with Gasteiger partial charge >= 0.3 is 29.8 Å². The van der Waals surface area contributed by atoms with Crippen LogP contribution in [0.25, 0.3) is 0 Å². The number of hydrogen-bond donors (Lipinski definition) is 0. The van der Waals surface area contributed by atoms with E-state index in [1.807, 2.05) is 14.1 Å². The van der Waals surface area contributed by atoms with Crippen LogP contribution in [-0.2, 0) is 57.1 Å². The number of piperazine rings is 1. The molecule has 2 fully saturated rings. The number of carbonyl (C=O) groups excluding carboxylic acids is 5. The van der Waals surface area contributed by atoms with E-state index in [0.717, 1.165) is 258 Å². The van der Waals surface area contributed by atoms with Crippen molar-refractivity contribution in [3.05, 3.63) is 0 Å². The summed E-state index contributed by atoms with van der Waals surface area (Å²) >= 11 is 0. The van der Waals surface area contributed by atoms with Crippen LogP contribution in [0.3, 0.4) is 0 Å². The third-order valence-corrected chi connectivity index (χ3v) is 26.3. The Morgan fingerprint density at radius 3 is 1.17 bits per heavy atom. The summed E-state index contributed by atoms with van der Waals surface area (Å²) in [6, 6.07) is 0. The van der Waals surface area contributed by atoms with Gasteiger partial charge in [0.2, 0.25) is 0 Å². The van der Waals surface area contributed by atoms with Gasteiger partial charge < -0.3 is 47.9 Å². The van der Waals surface area contributed by atoms with Crippen molar-refractivity contribution in [3.8, 4) is 0 Å². The monoisotopic (exact) mass is 1670 g/mol. The molecule has 15 heteroatoms. The Morgan fingerprint density at radius 2 is 0.720 bits per heavy atom. The molecule has 118 heavy (non-hydrogen) atoms. The highest BCUT2D eigenvalue weighted by Crippen LogP contribution is 2.40. The molecule has 0 aromatic rings. The Morgan fingerprint density at radius 1 is 0.356 bits per heavy atom. The lowest BCUT2D eigenvalue weighted by atomic mass is 9.73. The molecule has 696 valence electrons. The molecule has 0 spiro atoms. The zero-order valence-electron chi connectivity index (χ0n) is 80.0. The van der Waals surface area contributed by atoms with Crippen LogP contribution in [0.15, 0.2) is 0 Å². The quantitative estimate of drug-likeness (QED) is 0.0321. The van der Waals surface area contributed by atoms with Crippen LogP contribution in [0, 0.1) is 35.5 Å². The molecule has 2 saturated heterocycles. The number of carbonyl (C=O) groups is 5. The first kappa shape index (κ1) is 111. The standard InChI is InChI=1S/C103H197N3O12/c1-12-20-42-59-90(60-43-21-13-2)71-83-114-98(107)67-50-36-32-38-52-73-103(116-89-97(118-103)70-76-106-79-77-105(11)78-80-106)74-53-39-33-37-51-68-99(108)115-84-72-92(63-46-24-16-5)85-94(57-18-7)95(58-19-8)86-93(64-47-25-17-6)88-102(111)113-82-55-41-31-27-29-35-49-66-96(117-100(109)69-56-75-104(9)10)65-48-34-28-26-30-40-54-81-112-101(110)87-91(61-44-22-14-3)62-45-23-15-4/h90-97H,12-89H2,1-11H3. The topological polar surface area (TPSA) is 160 Å². The van der Waals surface area contributed by atoms with Crippen LogP contribution in [0.4, 0.5) is 0 Å². The van der Waals surface area contributed by atoms with Gasteiger partial charge in [-0.25, -0.2) is 0 Å². The molecule has 2 rings (SSSR count). The molecule has 2 aliphatic heterocycles. The van der Waals surface area contributed by atoms with Crippen molar-refractivity contribution < 1.29 is 57.1 Å². The maximum Gasteiger partial charge on any atom is 0.306 e. The fourth-order valence-corrected chi connectivity index (χ4v) is 18.7. The number of likely N-dealkylation sites (N-methyl/N-ethyl adjacent to an activating group) is 1. The van der Waals surface area contributed by atoms with Gasteiger partial charge in [0, 0.05) is 77.7 Å². The summed E-state index contributed by atoms with van der Waals surface area (Å²) in [7, 11) is 6.32. The molecule has 0 amide bonds. The van der Waals surface area contributed by atoms with Crippen molar-refractivity contribution in [2.45, 2.75) is 504 Å². The van der Waals surface area contributed by atoms with Gasteiger partial charge in [-0.2, -0.15) is 0 Å². The van der Waals surface area contributed by atoms with Crippen molar-refractivity contribution >= 4 is 29.8 Å².